The van der Waals surface area contributed by atoms with Crippen LogP contribution in [-0.4, -0.2) is 15.1 Å². The lowest BCUT2D eigenvalue weighted by atomic mass is 10.2. The summed E-state index contributed by atoms with van der Waals surface area (Å²) in [6, 6.07) is 3.74. The van der Waals surface area contributed by atoms with Crippen LogP contribution in [0.1, 0.15) is 11.3 Å². The van der Waals surface area contributed by atoms with Crippen molar-refractivity contribution in [1.82, 2.24) is 9.97 Å². The van der Waals surface area contributed by atoms with E-state index in [9.17, 15) is 0 Å². The first-order chi connectivity index (χ1) is 6.72. The number of aliphatic hydroxyl groups is 1. The predicted molar refractivity (Wildman–Crippen MR) is 55.2 cm³/mol. The number of rotatable bonds is 1. The summed E-state index contributed by atoms with van der Waals surface area (Å²) in [5.74, 6) is 0. The molecular weight excluding hydrogens is 200 g/mol. The molecule has 0 aliphatic rings. The van der Waals surface area contributed by atoms with E-state index in [0.29, 0.717) is 16.2 Å². The van der Waals surface area contributed by atoms with E-state index in [0.717, 1.165) is 11.1 Å². The lowest BCUT2D eigenvalue weighted by molar-refractivity contribution is 0.281. The molecule has 0 aliphatic carbocycles. The number of fused-ring (bicyclic) bond motifs is 1. The van der Waals surface area contributed by atoms with Crippen LogP contribution in [0.25, 0.3) is 11.0 Å². The van der Waals surface area contributed by atoms with Crippen LogP contribution in [0, 0.1) is 6.92 Å². The Kier molecular flexibility index (Phi) is 2.35. The van der Waals surface area contributed by atoms with Gasteiger partial charge in [0.25, 0.3) is 0 Å². The van der Waals surface area contributed by atoms with Gasteiger partial charge in [-0.2, -0.15) is 0 Å². The summed E-state index contributed by atoms with van der Waals surface area (Å²) in [5, 5.41) is 10.3. The summed E-state index contributed by atoms with van der Waals surface area (Å²) < 4.78 is 0. The highest BCUT2D eigenvalue weighted by Crippen LogP contribution is 2.24. The number of aliphatic hydroxyl groups excluding tert-OH is 1. The molecule has 2 heterocycles. The van der Waals surface area contributed by atoms with Crippen LogP contribution in [0.5, 0.6) is 0 Å². The van der Waals surface area contributed by atoms with Crippen LogP contribution in [0.4, 0.5) is 0 Å². The van der Waals surface area contributed by atoms with Crippen molar-refractivity contribution in [2.24, 2.45) is 0 Å². The predicted octanol–water partition coefficient (Wildman–Crippen LogP) is 2.08. The summed E-state index contributed by atoms with van der Waals surface area (Å²) in [6.45, 7) is 1.80. The summed E-state index contributed by atoms with van der Waals surface area (Å²) in [5.41, 5.74) is 2.15. The van der Waals surface area contributed by atoms with Gasteiger partial charge in [-0.1, -0.05) is 11.6 Å². The normalized spacial score (nSPS) is 10.8. The lowest BCUT2D eigenvalue weighted by Gasteiger charge is -2.04. The number of hydrogen-bond donors (Lipinski definition) is 1. The van der Waals surface area contributed by atoms with E-state index in [1.165, 1.54) is 0 Å². The van der Waals surface area contributed by atoms with Gasteiger partial charge in [0, 0.05) is 22.8 Å². The van der Waals surface area contributed by atoms with Gasteiger partial charge in [-0.3, -0.25) is 0 Å². The smallest absolute Gasteiger partial charge is 0.160 e. The number of hydrogen-bond acceptors (Lipinski definition) is 3. The second-order valence-electron chi connectivity index (χ2n) is 3.08. The highest BCUT2D eigenvalue weighted by atomic mass is 35.5. The van der Waals surface area contributed by atoms with Crippen molar-refractivity contribution in [3.05, 3.63) is 34.6 Å². The maximum Gasteiger partial charge on any atom is 0.160 e. The second-order valence-corrected chi connectivity index (χ2v) is 3.46. The summed E-state index contributed by atoms with van der Waals surface area (Å²) >= 11 is 6.05. The maximum absolute atomic E-state index is 8.99. The van der Waals surface area contributed by atoms with Crippen molar-refractivity contribution in [3.63, 3.8) is 0 Å². The molecule has 0 saturated carbocycles. The molecular formula is C10H9ClN2O. The van der Waals surface area contributed by atoms with Gasteiger partial charge in [-0.05, 0) is 19.1 Å². The first-order valence-electron chi connectivity index (χ1n) is 4.24. The van der Waals surface area contributed by atoms with E-state index >= 15 is 0 Å². The van der Waals surface area contributed by atoms with Crippen molar-refractivity contribution in [2.75, 3.05) is 0 Å². The minimum Gasteiger partial charge on any atom is -0.392 e. The monoisotopic (exact) mass is 208 g/mol. The molecule has 3 nitrogen and oxygen atoms in total. The highest BCUT2D eigenvalue weighted by Gasteiger charge is 2.06. The number of aryl methyl sites for hydroxylation is 1. The zero-order valence-corrected chi connectivity index (χ0v) is 8.41. The third-order valence-corrected chi connectivity index (χ3v) is 2.49. The van der Waals surface area contributed by atoms with Crippen molar-refractivity contribution >= 4 is 22.6 Å². The Hall–Kier alpha value is -1.19. The van der Waals surface area contributed by atoms with Crippen molar-refractivity contribution in [1.29, 1.82) is 0 Å². The van der Waals surface area contributed by atoms with E-state index in [1.807, 2.05) is 19.1 Å². The molecule has 0 radical (unpaired) electrons. The molecule has 2 aromatic heterocycles. The Morgan fingerprint density at radius 2 is 2.21 bits per heavy atom. The molecule has 0 bridgehead atoms. The standard InChI is InChI=1S/C10H9ClN2O/c1-6-2-3-8-9(11)7(5-14)4-12-10(8)13-6/h2-4,14H,5H2,1H3. The fraction of sp³-hybridized carbons (Fsp3) is 0.200. The zero-order valence-electron chi connectivity index (χ0n) is 7.66. The molecule has 0 saturated heterocycles. The largest absolute Gasteiger partial charge is 0.392 e. The summed E-state index contributed by atoms with van der Waals surface area (Å²) in [4.78, 5) is 8.35. The van der Waals surface area contributed by atoms with E-state index in [1.54, 1.807) is 6.20 Å². The Balaban J connectivity index is 2.77. The Morgan fingerprint density at radius 3 is 2.93 bits per heavy atom. The van der Waals surface area contributed by atoms with E-state index in [4.69, 9.17) is 16.7 Å². The molecule has 0 aliphatic heterocycles. The van der Waals surface area contributed by atoms with Gasteiger partial charge in [0.1, 0.15) is 0 Å². The van der Waals surface area contributed by atoms with Gasteiger partial charge >= 0.3 is 0 Å². The van der Waals surface area contributed by atoms with Gasteiger partial charge in [0.05, 0.1) is 11.6 Å². The number of halogens is 1. The average molecular weight is 209 g/mol. The summed E-state index contributed by atoms with van der Waals surface area (Å²) in [7, 11) is 0. The van der Waals surface area contributed by atoms with Crippen LogP contribution in [0.15, 0.2) is 18.3 Å². The Bertz CT molecular complexity index is 485. The van der Waals surface area contributed by atoms with Crippen LogP contribution in [0.2, 0.25) is 5.02 Å². The molecule has 0 aromatic carbocycles. The molecule has 1 N–H and O–H groups in total. The minimum absolute atomic E-state index is 0.102. The molecule has 0 unspecified atom stereocenters. The first-order valence-corrected chi connectivity index (χ1v) is 4.62. The average Bonchev–Trinajstić information content (AvgIpc) is 2.18. The lowest BCUT2D eigenvalue weighted by Crippen LogP contribution is -1.92. The van der Waals surface area contributed by atoms with Gasteiger partial charge in [0.2, 0.25) is 0 Å². The molecule has 4 heteroatoms. The van der Waals surface area contributed by atoms with Gasteiger partial charge in [-0.25, -0.2) is 9.97 Å². The van der Waals surface area contributed by atoms with E-state index in [-0.39, 0.29) is 6.61 Å². The SMILES string of the molecule is Cc1ccc2c(Cl)c(CO)cnc2n1. The topological polar surface area (TPSA) is 46.0 Å². The molecule has 72 valence electrons. The minimum atomic E-state index is -0.102. The van der Waals surface area contributed by atoms with Gasteiger partial charge in [0.15, 0.2) is 5.65 Å². The van der Waals surface area contributed by atoms with Crippen molar-refractivity contribution in [3.8, 4) is 0 Å². The number of pyridine rings is 2. The fourth-order valence-corrected chi connectivity index (χ4v) is 1.55. The Labute approximate surface area is 86.4 Å². The molecule has 0 fully saturated rings. The highest BCUT2D eigenvalue weighted by molar-refractivity contribution is 6.35. The molecule has 2 rings (SSSR count). The zero-order chi connectivity index (χ0) is 10.1. The van der Waals surface area contributed by atoms with Crippen molar-refractivity contribution < 1.29 is 5.11 Å². The maximum atomic E-state index is 8.99. The first kappa shape index (κ1) is 9.37. The number of nitrogens with zero attached hydrogens (tertiary/aromatic N) is 2. The van der Waals surface area contributed by atoms with Crippen LogP contribution < -0.4 is 0 Å². The molecule has 0 amide bonds. The van der Waals surface area contributed by atoms with Gasteiger partial charge in [-0.15, -0.1) is 0 Å². The van der Waals surface area contributed by atoms with E-state index < -0.39 is 0 Å². The van der Waals surface area contributed by atoms with E-state index in [2.05, 4.69) is 9.97 Å². The van der Waals surface area contributed by atoms with Crippen LogP contribution >= 0.6 is 11.6 Å². The third kappa shape index (κ3) is 1.45. The second kappa shape index (κ2) is 3.52. The fourth-order valence-electron chi connectivity index (χ4n) is 1.29. The molecule has 0 atom stereocenters. The molecule has 14 heavy (non-hydrogen) atoms. The third-order valence-electron chi connectivity index (χ3n) is 2.05. The van der Waals surface area contributed by atoms with Crippen LogP contribution in [-0.2, 0) is 6.61 Å². The molecule has 2 aromatic rings. The van der Waals surface area contributed by atoms with Crippen molar-refractivity contribution in [2.45, 2.75) is 13.5 Å². The van der Waals surface area contributed by atoms with Crippen LogP contribution in [0.3, 0.4) is 0 Å². The quantitative estimate of drug-likeness (QED) is 0.781. The summed E-state index contributed by atoms with van der Waals surface area (Å²) in [6.07, 6.45) is 1.55. The Morgan fingerprint density at radius 1 is 1.43 bits per heavy atom. The van der Waals surface area contributed by atoms with Gasteiger partial charge < -0.3 is 5.11 Å². The number of aromatic nitrogens is 2. The molecule has 0 spiro atoms.